The monoisotopic (exact) mass is 392 g/mol. The molecule has 27 heavy (non-hydrogen) atoms. The normalized spacial score (nSPS) is 18.1. The van der Waals surface area contributed by atoms with Crippen molar-refractivity contribution in [1.29, 1.82) is 0 Å². The van der Waals surface area contributed by atoms with Crippen LogP contribution in [0, 0.1) is 0 Å². The maximum atomic E-state index is 5.63. The predicted octanol–water partition coefficient (Wildman–Crippen LogP) is 3.19. The van der Waals surface area contributed by atoms with Crippen LogP contribution in [0.5, 0.6) is 0 Å². The van der Waals surface area contributed by atoms with Gasteiger partial charge < -0.3 is 20.7 Å². The minimum absolute atomic E-state index is 0.0178. The fourth-order valence-corrected chi connectivity index (χ4v) is 3.96. The molecule has 0 aromatic heterocycles. The summed E-state index contributed by atoms with van der Waals surface area (Å²) in [6.45, 7) is 5.65. The number of unbranched alkanes of at least 4 members (excludes halogenated alkanes) is 1. The molecule has 0 spiro atoms. The number of hydrogen-bond donors (Lipinski definition) is 3. The first-order valence-electron chi connectivity index (χ1n) is 10.0. The Bertz CT molecular complexity index is 546. The minimum Gasteiger partial charge on any atom is -0.381 e. The van der Waals surface area contributed by atoms with Crippen LogP contribution in [0.1, 0.15) is 44.2 Å². The maximum Gasteiger partial charge on any atom is 0.191 e. The predicted molar refractivity (Wildman–Crippen MR) is 118 cm³/mol. The van der Waals surface area contributed by atoms with Crippen LogP contribution in [0.15, 0.2) is 35.3 Å². The van der Waals surface area contributed by atoms with Gasteiger partial charge in [0.05, 0.1) is 0 Å². The van der Waals surface area contributed by atoms with Crippen molar-refractivity contribution in [2.45, 2.75) is 44.2 Å². The molecule has 1 atom stereocenters. The van der Waals surface area contributed by atoms with Crippen molar-refractivity contribution in [2.75, 3.05) is 45.4 Å². The third-order valence-electron chi connectivity index (χ3n) is 5.16. The van der Waals surface area contributed by atoms with Crippen LogP contribution in [0.2, 0.25) is 0 Å². The molecular weight excluding hydrogens is 356 g/mol. The van der Waals surface area contributed by atoms with Crippen LogP contribution in [-0.4, -0.2) is 56.9 Å². The molecule has 5 nitrogen and oxygen atoms in total. The van der Waals surface area contributed by atoms with E-state index in [9.17, 15) is 0 Å². The summed E-state index contributed by atoms with van der Waals surface area (Å²) >= 11 is 1.90. The fraction of sp³-hybridized carbons (Fsp3) is 0.667. The summed E-state index contributed by atoms with van der Waals surface area (Å²) in [6.07, 6.45) is 6.57. The van der Waals surface area contributed by atoms with Gasteiger partial charge in [0.1, 0.15) is 0 Å². The van der Waals surface area contributed by atoms with E-state index in [0.717, 1.165) is 45.1 Å². The van der Waals surface area contributed by atoms with E-state index in [0.29, 0.717) is 6.04 Å². The second-order valence-electron chi connectivity index (χ2n) is 7.22. The molecule has 1 aliphatic heterocycles. The van der Waals surface area contributed by atoms with Gasteiger partial charge in [-0.1, -0.05) is 30.3 Å². The molecule has 1 unspecified atom stereocenters. The van der Waals surface area contributed by atoms with Gasteiger partial charge in [-0.25, -0.2) is 0 Å². The van der Waals surface area contributed by atoms with Crippen molar-refractivity contribution in [3.05, 3.63) is 35.9 Å². The van der Waals surface area contributed by atoms with E-state index in [4.69, 9.17) is 4.74 Å². The Labute approximate surface area is 169 Å². The van der Waals surface area contributed by atoms with E-state index in [1.165, 1.54) is 24.2 Å². The Hall–Kier alpha value is -1.24. The highest BCUT2D eigenvalue weighted by Crippen LogP contribution is 2.25. The van der Waals surface area contributed by atoms with E-state index in [1.807, 2.05) is 18.8 Å². The molecule has 0 saturated carbocycles. The topological polar surface area (TPSA) is 57.7 Å². The van der Waals surface area contributed by atoms with Crippen molar-refractivity contribution >= 4 is 17.7 Å². The van der Waals surface area contributed by atoms with Crippen molar-refractivity contribution in [3.8, 4) is 0 Å². The molecule has 1 aliphatic rings. The molecule has 0 aliphatic carbocycles. The summed E-state index contributed by atoms with van der Waals surface area (Å²) < 4.78 is 5.63. The molecular formula is C21H36N4OS. The molecule has 1 fully saturated rings. The summed E-state index contributed by atoms with van der Waals surface area (Å²) in [4.78, 5) is 4.39. The number of ether oxygens (including phenoxy) is 1. The summed E-state index contributed by atoms with van der Waals surface area (Å²) in [6, 6.07) is 10.9. The van der Waals surface area contributed by atoms with Gasteiger partial charge in [0.2, 0.25) is 0 Å². The number of aliphatic imine (C=N–C) groups is 1. The molecule has 3 N–H and O–H groups in total. The zero-order chi connectivity index (χ0) is 19.4. The Morgan fingerprint density at radius 3 is 2.59 bits per heavy atom. The van der Waals surface area contributed by atoms with Crippen LogP contribution in [0.3, 0.4) is 0 Å². The van der Waals surface area contributed by atoms with Crippen molar-refractivity contribution in [2.24, 2.45) is 4.99 Å². The molecule has 6 heteroatoms. The highest BCUT2D eigenvalue weighted by Gasteiger charge is 2.34. The largest absolute Gasteiger partial charge is 0.381 e. The first kappa shape index (κ1) is 22.1. The lowest BCUT2D eigenvalue weighted by molar-refractivity contribution is 0.0355. The third kappa shape index (κ3) is 7.72. The van der Waals surface area contributed by atoms with Gasteiger partial charge >= 0.3 is 0 Å². The zero-order valence-corrected chi connectivity index (χ0v) is 17.9. The minimum atomic E-state index is 0.0178. The molecule has 152 valence electrons. The first-order chi connectivity index (χ1) is 13.2. The molecule has 0 amide bonds. The van der Waals surface area contributed by atoms with Gasteiger partial charge in [0, 0.05) is 44.9 Å². The van der Waals surface area contributed by atoms with Gasteiger partial charge in [-0.15, -0.1) is 0 Å². The molecule has 1 heterocycles. The van der Waals surface area contributed by atoms with Gasteiger partial charge in [-0.2, -0.15) is 11.8 Å². The number of thioether (sulfide) groups is 1. The second kappa shape index (κ2) is 12.3. The SMILES string of the molecule is CN=C(NCCCCSC)NCC1(NC(C)c2ccccc2)CCOCC1. The second-order valence-corrected chi connectivity index (χ2v) is 8.21. The van der Waals surface area contributed by atoms with E-state index in [-0.39, 0.29) is 5.54 Å². The highest BCUT2D eigenvalue weighted by molar-refractivity contribution is 7.98. The van der Waals surface area contributed by atoms with Gasteiger partial charge in [0.15, 0.2) is 5.96 Å². The Morgan fingerprint density at radius 1 is 1.19 bits per heavy atom. The molecule has 1 saturated heterocycles. The lowest BCUT2D eigenvalue weighted by atomic mass is 9.88. The maximum absolute atomic E-state index is 5.63. The Balaban J connectivity index is 1.89. The lowest BCUT2D eigenvalue weighted by Crippen LogP contribution is -2.58. The summed E-state index contributed by atoms with van der Waals surface area (Å²) in [7, 11) is 1.84. The number of benzene rings is 1. The summed E-state index contributed by atoms with van der Waals surface area (Å²) in [5.41, 5.74) is 1.34. The van der Waals surface area contributed by atoms with E-state index in [2.05, 4.69) is 64.5 Å². The molecule has 1 aromatic rings. The molecule has 1 aromatic carbocycles. The average molecular weight is 393 g/mol. The van der Waals surface area contributed by atoms with Crippen LogP contribution in [0.4, 0.5) is 0 Å². The van der Waals surface area contributed by atoms with Gasteiger partial charge in [-0.05, 0) is 50.2 Å². The number of hydrogen-bond acceptors (Lipinski definition) is 4. The fourth-order valence-electron chi connectivity index (χ4n) is 3.47. The van der Waals surface area contributed by atoms with Crippen LogP contribution in [-0.2, 0) is 4.74 Å². The average Bonchev–Trinajstić information content (AvgIpc) is 2.71. The van der Waals surface area contributed by atoms with Crippen molar-refractivity contribution in [1.82, 2.24) is 16.0 Å². The van der Waals surface area contributed by atoms with Crippen LogP contribution >= 0.6 is 11.8 Å². The quantitative estimate of drug-likeness (QED) is 0.324. The number of nitrogens with one attached hydrogen (secondary N) is 3. The Morgan fingerprint density at radius 2 is 1.93 bits per heavy atom. The smallest absolute Gasteiger partial charge is 0.191 e. The summed E-state index contributed by atoms with van der Waals surface area (Å²) in [5.74, 6) is 2.11. The highest BCUT2D eigenvalue weighted by atomic mass is 32.2. The first-order valence-corrected chi connectivity index (χ1v) is 11.4. The summed E-state index contributed by atoms with van der Waals surface area (Å²) in [5, 5.41) is 10.9. The zero-order valence-electron chi connectivity index (χ0n) is 17.1. The Kier molecular flexibility index (Phi) is 10.0. The van der Waals surface area contributed by atoms with Gasteiger partial charge in [-0.3, -0.25) is 4.99 Å². The van der Waals surface area contributed by atoms with Crippen molar-refractivity contribution < 1.29 is 4.74 Å². The van der Waals surface area contributed by atoms with E-state index >= 15 is 0 Å². The van der Waals surface area contributed by atoms with E-state index < -0.39 is 0 Å². The molecule has 0 radical (unpaired) electrons. The standard InChI is InChI=1S/C21H36N4OS/c1-18(19-9-5-4-6-10-19)25-21(11-14-26-15-12-21)17-24-20(22-2)23-13-7-8-16-27-3/h4-6,9-10,18,25H,7-8,11-17H2,1-3H3,(H2,22,23,24). The van der Waals surface area contributed by atoms with Crippen LogP contribution < -0.4 is 16.0 Å². The molecule has 2 rings (SSSR count). The molecule has 0 bridgehead atoms. The number of guanidine groups is 1. The van der Waals surface area contributed by atoms with E-state index in [1.54, 1.807) is 0 Å². The number of nitrogens with zero attached hydrogens (tertiary/aromatic N) is 1. The van der Waals surface area contributed by atoms with Crippen LogP contribution in [0.25, 0.3) is 0 Å². The number of rotatable bonds is 10. The van der Waals surface area contributed by atoms with Gasteiger partial charge in [0.25, 0.3) is 0 Å². The lowest BCUT2D eigenvalue weighted by Gasteiger charge is -2.41. The third-order valence-corrected chi connectivity index (χ3v) is 5.85. The van der Waals surface area contributed by atoms with Crippen molar-refractivity contribution in [3.63, 3.8) is 0 Å².